The molecule has 2 fully saturated rings. The molecule has 0 saturated carbocycles. The summed E-state index contributed by atoms with van der Waals surface area (Å²) in [5.74, 6) is -1.54. The van der Waals surface area contributed by atoms with Gasteiger partial charge >= 0.3 is 11.9 Å². The number of carbonyl (C=O) groups excluding carboxylic acids is 2. The van der Waals surface area contributed by atoms with Crippen LogP contribution in [0.2, 0.25) is 0 Å². The van der Waals surface area contributed by atoms with Crippen LogP contribution in [0.25, 0.3) is 11.2 Å². The molecule has 0 aliphatic carbocycles. The van der Waals surface area contributed by atoms with E-state index in [1.165, 1.54) is 20.2 Å². The molecule has 37 heavy (non-hydrogen) atoms. The molecule has 3 aliphatic heterocycles. The molecule has 5 heterocycles. The Morgan fingerprint density at radius 3 is 2.57 bits per heavy atom. The number of imidazole rings is 1. The lowest BCUT2D eigenvalue weighted by Gasteiger charge is -2.32. The van der Waals surface area contributed by atoms with Crippen LogP contribution in [-0.2, 0) is 42.7 Å². The van der Waals surface area contributed by atoms with Crippen LogP contribution < -0.4 is 5.73 Å². The van der Waals surface area contributed by atoms with Crippen molar-refractivity contribution >= 4 is 28.9 Å². The third-order valence-corrected chi connectivity index (χ3v) is 6.10. The summed E-state index contributed by atoms with van der Waals surface area (Å²) in [5, 5.41) is 0. The highest BCUT2D eigenvalue weighted by Crippen LogP contribution is 2.44. The van der Waals surface area contributed by atoms with Crippen LogP contribution in [0, 0.1) is 0 Å². The van der Waals surface area contributed by atoms with Crippen LogP contribution in [0.3, 0.4) is 0 Å². The van der Waals surface area contributed by atoms with Gasteiger partial charge in [-0.05, 0) is 26.0 Å². The second-order valence-corrected chi connectivity index (χ2v) is 9.35. The highest BCUT2D eigenvalue weighted by Gasteiger charge is 2.56. The summed E-state index contributed by atoms with van der Waals surface area (Å²) in [4.78, 5) is 35.4. The fourth-order valence-corrected chi connectivity index (χ4v) is 4.62. The minimum Gasteiger partial charge on any atom is -0.463 e. The first-order valence-electron chi connectivity index (χ1n) is 11.8. The molecule has 0 unspecified atom stereocenters. The number of ether oxygens (including phenoxy) is 7. The van der Waals surface area contributed by atoms with Crippen molar-refractivity contribution in [3.8, 4) is 0 Å². The van der Waals surface area contributed by atoms with Crippen LogP contribution in [-0.4, -0.2) is 87.3 Å². The summed E-state index contributed by atoms with van der Waals surface area (Å²) in [5.41, 5.74) is 6.91. The molecule has 2 saturated heterocycles. The molecule has 2 N–H and O–H groups in total. The number of carbonyl (C=O) groups is 2. The van der Waals surface area contributed by atoms with Gasteiger partial charge in [0.2, 0.25) is 0 Å². The lowest BCUT2D eigenvalue weighted by atomic mass is 10.1. The smallest absolute Gasteiger partial charge is 0.303 e. The standard InChI is InChI=1S/C23H29N5O9/c1-11(29)31-7-14-13(33-12(2)30)5-6-16(34-14)32-8-15-18-19(37-23(3,4)36-18)22(35-15)28-10-27-17-20(24)25-9-26-21(17)28/h5-6,9-10,13-16,18-19,22H,7-8H2,1-4H3,(H2,24,25,26)/t13-,14+,15+,16-,18+,19+,22+/m0/s1. The van der Waals surface area contributed by atoms with E-state index in [1.807, 2.05) is 13.8 Å². The third kappa shape index (κ3) is 5.29. The summed E-state index contributed by atoms with van der Waals surface area (Å²) in [7, 11) is 0. The summed E-state index contributed by atoms with van der Waals surface area (Å²) >= 11 is 0. The predicted molar refractivity (Wildman–Crippen MR) is 123 cm³/mol. The largest absolute Gasteiger partial charge is 0.463 e. The first-order valence-corrected chi connectivity index (χ1v) is 11.8. The average molecular weight is 520 g/mol. The van der Waals surface area contributed by atoms with Crippen molar-refractivity contribution in [2.75, 3.05) is 18.9 Å². The number of rotatable bonds is 7. The Hall–Kier alpha value is -3.17. The van der Waals surface area contributed by atoms with Crippen molar-refractivity contribution < 1.29 is 42.7 Å². The molecule has 14 heteroatoms. The zero-order valence-corrected chi connectivity index (χ0v) is 20.8. The van der Waals surface area contributed by atoms with Gasteiger partial charge in [-0.3, -0.25) is 14.2 Å². The fourth-order valence-electron chi connectivity index (χ4n) is 4.62. The molecule has 0 aromatic carbocycles. The molecule has 0 amide bonds. The van der Waals surface area contributed by atoms with E-state index < -0.39 is 60.8 Å². The maximum absolute atomic E-state index is 11.4. The van der Waals surface area contributed by atoms with Gasteiger partial charge < -0.3 is 38.9 Å². The molecule has 14 nitrogen and oxygen atoms in total. The van der Waals surface area contributed by atoms with Gasteiger partial charge in [-0.1, -0.05) is 0 Å². The van der Waals surface area contributed by atoms with Crippen LogP contribution in [0.5, 0.6) is 0 Å². The van der Waals surface area contributed by atoms with Crippen molar-refractivity contribution in [3.05, 3.63) is 24.8 Å². The zero-order valence-electron chi connectivity index (χ0n) is 20.8. The SMILES string of the molecule is CC(=O)OC[C@H]1O[C@H](OC[C@H]2O[C@@H](n3cnc4c(N)ncnc43)[C@@H]3OC(C)(C)O[C@@H]32)C=C[C@@H]1OC(C)=O. The number of anilines is 1. The molecule has 200 valence electrons. The van der Waals surface area contributed by atoms with Crippen molar-refractivity contribution in [1.29, 1.82) is 0 Å². The Morgan fingerprint density at radius 1 is 1.03 bits per heavy atom. The summed E-state index contributed by atoms with van der Waals surface area (Å²) in [6.45, 7) is 6.22. The molecule has 5 rings (SSSR count). The number of nitrogens with two attached hydrogens (primary N) is 1. The first-order chi connectivity index (χ1) is 17.6. The van der Waals surface area contributed by atoms with E-state index in [-0.39, 0.29) is 19.0 Å². The van der Waals surface area contributed by atoms with Gasteiger partial charge in [-0.2, -0.15) is 0 Å². The van der Waals surface area contributed by atoms with Crippen LogP contribution >= 0.6 is 0 Å². The number of esters is 2. The summed E-state index contributed by atoms with van der Waals surface area (Å²) < 4.78 is 42.6. The van der Waals surface area contributed by atoms with Gasteiger partial charge in [-0.15, -0.1) is 0 Å². The maximum atomic E-state index is 11.4. The highest BCUT2D eigenvalue weighted by molar-refractivity contribution is 5.81. The average Bonchev–Trinajstić information content (AvgIpc) is 3.48. The van der Waals surface area contributed by atoms with E-state index in [2.05, 4.69) is 15.0 Å². The highest BCUT2D eigenvalue weighted by atomic mass is 16.8. The predicted octanol–water partition coefficient (Wildman–Crippen LogP) is 0.619. The molecule has 0 radical (unpaired) electrons. The number of fused-ring (bicyclic) bond motifs is 2. The Bertz CT molecular complexity index is 1200. The zero-order chi connectivity index (χ0) is 26.3. The van der Waals surface area contributed by atoms with Crippen molar-refractivity contribution in [3.63, 3.8) is 0 Å². The van der Waals surface area contributed by atoms with Crippen molar-refractivity contribution in [2.24, 2.45) is 0 Å². The fraction of sp³-hybridized carbons (Fsp3) is 0.609. The molecule has 2 aromatic heterocycles. The first kappa shape index (κ1) is 25.5. The van der Waals surface area contributed by atoms with Crippen LogP contribution in [0.15, 0.2) is 24.8 Å². The molecule has 3 aliphatic rings. The van der Waals surface area contributed by atoms with Crippen LogP contribution in [0.4, 0.5) is 5.82 Å². The van der Waals surface area contributed by atoms with Gasteiger partial charge in [-0.25, -0.2) is 15.0 Å². The topological polar surface area (TPSA) is 168 Å². The number of aromatic nitrogens is 4. The van der Waals surface area contributed by atoms with Gasteiger partial charge in [0.25, 0.3) is 0 Å². The van der Waals surface area contributed by atoms with E-state index >= 15 is 0 Å². The number of nitrogens with zero attached hydrogens (tertiary/aromatic N) is 4. The Kier molecular flexibility index (Phi) is 6.85. The second kappa shape index (κ2) is 9.95. The monoisotopic (exact) mass is 519 g/mol. The third-order valence-electron chi connectivity index (χ3n) is 6.10. The van der Waals surface area contributed by atoms with E-state index in [0.717, 1.165) is 0 Å². The quantitative estimate of drug-likeness (QED) is 0.399. The van der Waals surface area contributed by atoms with Gasteiger partial charge in [0, 0.05) is 13.8 Å². The summed E-state index contributed by atoms with van der Waals surface area (Å²) in [6.07, 6.45) is 1.91. The van der Waals surface area contributed by atoms with E-state index in [9.17, 15) is 9.59 Å². The maximum Gasteiger partial charge on any atom is 0.303 e. The van der Waals surface area contributed by atoms with E-state index in [1.54, 1.807) is 23.0 Å². The summed E-state index contributed by atoms with van der Waals surface area (Å²) in [6, 6.07) is 0. The molecule has 7 atom stereocenters. The molecular formula is C23H29N5O9. The molecular weight excluding hydrogens is 490 g/mol. The number of hydrogen-bond donors (Lipinski definition) is 1. The van der Waals surface area contributed by atoms with Gasteiger partial charge in [0.15, 0.2) is 29.8 Å². The van der Waals surface area contributed by atoms with Crippen molar-refractivity contribution in [2.45, 2.75) is 76.5 Å². The number of hydrogen-bond acceptors (Lipinski definition) is 13. The second-order valence-electron chi connectivity index (χ2n) is 9.35. The van der Waals surface area contributed by atoms with Gasteiger partial charge in [0.1, 0.15) is 49.0 Å². The minimum absolute atomic E-state index is 0.0917. The van der Waals surface area contributed by atoms with Gasteiger partial charge in [0.05, 0.1) is 12.9 Å². The van der Waals surface area contributed by atoms with E-state index in [0.29, 0.717) is 11.2 Å². The molecule has 0 spiro atoms. The Labute approximate surface area is 212 Å². The minimum atomic E-state index is -0.840. The van der Waals surface area contributed by atoms with Crippen molar-refractivity contribution in [1.82, 2.24) is 19.5 Å². The molecule has 2 aromatic rings. The normalized spacial score (nSPS) is 32.4. The Balaban J connectivity index is 1.30. The van der Waals surface area contributed by atoms with Crippen LogP contribution in [0.1, 0.15) is 33.9 Å². The lowest BCUT2D eigenvalue weighted by Crippen LogP contribution is -2.43. The number of nitrogen functional groups attached to an aromatic ring is 1. The Morgan fingerprint density at radius 2 is 1.81 bits per heavy atom. The van der Waals surface area contributed by atoms with E-state index in [4.69, 9.17) is 38.9 Å². The lowest BCUT2D eigenvalue weighted by molar-refractivity contribution is -0.224. The molecule has 0 bridgehead atoms.